The number of rotatable bonds is 7. The SMILES string of the molecule is CCNCCCCc1nc(C)nc2c1CCN2c1ccc(C(F)(F)F)cc1C(F)(F)F. The van der Waals surface area contributed by atoms with E-state index in [2.05, 4.69) is 15.3 Å². The van der Waals surface area contributed by atoms with Crippen molar-refractivity contribution in [1.82, 2.24) is 15.3 Å². The summed E-state index contributed by atoms with van der Waals surface area (Å²) in [7, 11) is 0. The Bertz CT molecular complexity index is 923. The molecule has 2 aromatic rings. The van der Waals surface area contributed by atoms with E-state index in [9.17, 15) is 26.3 Å². The predicted molar refractivity (Wildman–Crippen MR) is 105 cm³/mol. The third-order valence-electron chi connectivity index (χ3n) is 5.21. The Hall–Kier alpha value is -2.36. The minimum atomic E-state index is -4.93. The van der Waals surface area contributed by atoms with Crippen molar-refractivity contribution in [2.24, 2.45) is 0 Å². The molecule has 0 unspecified atom stereocenters. The molecule has 1 aliphatic rings. The summed E-state index contributed by atoms with van der Waals surface area (Å²) in [6.45, 7) is 5.63. The van der Waals surface area contributed by atoms with Crippen molar-refractivity contribution in [2.45, 2.75) is 51.9 Å². The van der Waals surface area contributed by atoms with Crippen LogP contribution in [0.1, 0.15) is 48.0 Å². The zero-order valence-corrected chi connectivity index (χ0v) is 17.3. The first-order valence-corrected chi connectivity index (χ1v) is 10.2. The van der Waals surface area contributed by atoms with E-state index < -0.39 is 23.5 Å². The van der Waals surface area contributed by atoms with E-state index in [1.165, 1.54) is 4.90 Å². The molecule has 0 bridgehead atoms. The highest BCUT2D eigenvalue weighted by atomic mass is 19.4. The van der Waals surface area contributed by atoms with Gasteiger partial charge in [0.25, 0.3) is 0 Å². The lowest BCUT2D eigenvalue weighted by Gasteiger charge is -2.24. The topological polar surface area (TPSA) is 41.1 Å². The second-order valence-electron chi connectivity index (χ2n) is 7.46. The summed E-state index contributed by atoms with van der Waals surface area (Å²) < 4.78 is 79.9. The number of nitrogens with one attached hydrogen (secondary N) is 1. The molecule has 0 saturated carbocycles. The largest absolute Gasteiger partial charge is 0.418 e. The molecule has 0 spiro atoms. The van der Waals surface area contributed by atoms with Crippen molar-refractivity contribution in [1.29, 1.82) is 0 Å². The monoisotopic (exact) mass is 446 g/mol. The third kappa shape index (κ3) is 5.28. The number of hydrogen-bond acceptors (Lipinski definition) is 4. The molecule has 10 heteroatoms. The Morgan fingerprint density at radius 3 is 2.42 bits per heavy atom. The summed E-state index contributed by atoms with van der Waals surface area (Å²) in [5.41, 5.74) is -1.42. The summed E-state index contributed by atoms with van der Waals surface area (Å²) in [5, 5.41) is 3.23. The molecule has 1 aromatic heterocycles. The zero-order valence-electron chi connectivity index (χ0n) is 17.3. The van der Waals surface area contributed by atoms with Crippen molar-refractivity contribution in [3.05, 3.63) is 46.4 Å². The summed E-state index contributed by atoms with van der Waals surface area (Å²) in [6, 6.07) is 1.73. The van der Waals surface area contributed by atoms with E-state index in [1.807, 2.05) is 6.92 Å². The van der Waals surface area contributed by atoms with Gasteiger partial charge < -0.3 is 10.2 Å². The van der Waals surface area contributed by atoms with Crippen LogP contribution in [-0.4, -0.2) is 29.6 Å². The maximum absolute atomic E-state index is 13.6. The second kappa shape index (κ2) is 9.02. The van der Waals surface area contributed by atoms with E-state index in [0.717, 1.165) is 43.3 Å². The number of nitrogens with zero attached hydrogens (tertiary/aromatic N) is 3. The van der Waals surface area contributed by atoms with Gasteiger partial charge in [0.2, 0.25) is 0 Å². The van der Waals surface area contributed by atoms with Gasteiger partial charge in [0.05, 0.1) is 16.8 Å². The first-order valence-electron chi connectivity index (χ1n) is 10.2. The van der Waals surface area contributed by atoms with Crippen molar-refractivity contribution in [2.75, 3.05) is 24.5 Å². The number of aromatic nitrogens is 2. The molecule has 0 saturated heterocycles. The fraction of sp³-hybridized carbons (Fsp3) is 0.524. The summed E-state index contributed by atoms with van der Waals surface area (Å²) >= 11 is 0. The molecular formula is C21H24F6N4. The molecule has 0 fully saturated rings. The number of benzene rings is 1. The maximum Gasteiger partial charge on any atom is 0.418 e. The quantitative estimate of drug-likeness (QED) is 0.454. The van der Waals surface area contributed by atoms with Crippen LogP contribution in [-0.2, 0) is 25.2 Å². The van der Waals surface area contributed by atoms with E-state index in [1.54, 1.807) is 6.92 Å². The number of alkyl halides is 6. The average Bonchev–Trinajstić information content (AvgIpc) is 3.09. The van der Waals surface area contributed by atoms with E-state index >= 15 is 0 Å². The Morgan fingerprint density at radius 2 is 1.77 bits per heavy atom. The highest BCUT2D eigenvalue weighted by molar-refractivity contribution is 5.71. The van der Waals surface area contributed by atoms with Gasteiger partial charge in [-0.2, -0.15) is 26.3 Å². The number of halogens is 6. The van der Waals surface area contributed by atoms with Gasteiger partial charge in [0, 0.05) is 17.8 Å². The first kappa shape index (κ1) is 23.3. The second-order valence-corrected chi connectivity index (χ2v) is 7.46. The smallest absolute Gasteiger partial charge is 0.325 e. The molecular weight excluding hydrogens is 422 g/mol. The molecule has 1 N–H and O–H groups in total. The van der Waals surface area contributed by atoms with Gasteiger partial charge >= 0.3 is 12.4 Å². The van der Waals surface area contributed by atoms with Crippen LogP contribution in [0, 0.1) is 6.92 Å². The van der Waals surface area contributed by atoms with Gasteiger partial charge in [-0.1, -0.05) is 6.92 Å². The van der Waals surface area contributed by atoms with Crippen LogP contribution in [0.4, 0.5) is 37.8 Å². The van der Waals surface area contributed by atoms with Crippen LogP contribution in [0.5, 0.6) is 0 Å². The van der Waals surface area contributed by atoms with Gasteiger partial charge in [-0.3, -0.25) is 0 Å². The lowest BCUT2D eigenvalue weighted by Crippen LogP contribution is -2.21. The number of aryl methyl sites for hydroxylation is 2. The number of fused-ring (bicyclic) bond motifs is 1. The van der Waals surface area contributed by atoms with Crippen LogP contribution in [0.3, 0.4) is 0 Å². The van der Waals surface area contributed by atoms with Crippen LogP contribution in [0.2, 0.25) is 0 Å². The van der Waals surface area contributed by atoms with Crippen LogP contribution >= 0.6 is 0 Å². The van der Waals surface area contributed by atoms with Gasteiger partial charge in [-0.25, -0.2) is 9.97 Å². The zero-order chi connectivity index (χ0) is 22.8. The number of anilines is 2. The van der Waals surface area contributed by atoms with Crippen molar-refractivity contribution in [3.63, 3.8) is 0 Å². The van der Waals surface area contributed by atoms with Gasteiger partial charge in [-0.05, 0) is 63.9 Å². The Labute approximate surface area is 176 Å². The fourth-order valence-electron chi connectivity index (χ4n) is 3.78. The lowest BCUT2D eigenvalue weighted by molar-refractivity contribution is -0.142. The van der Waals surface area contributed by atoms with E-state index in [0.29, 0.717) is 30.6 Å². The van der Waals surface area contributed by atoms with Crippen molar-refractivity contribution in [3.8, 4) is 0 Å². The van der Waals surface area contributed by atoms with Crippen LogP contribution in [0.15, 0.2) is 18.2 Å². The molecule has 1 aromatic carbocycles. The number of hydrogen-bond donors (Lipinski definition) is 1. The molecule has 1 aliphatic heterocycles. The van der Waals surface area contributed by atoms with Crippen LogP contribution < -0.4 is 10.2 Å². The van der Waals surface area contributed by atoms with Crippen molar-refractivity contribution >= 4 is 11.5 Å². The van der Waals surface area contributed by atoms with Crippen LogP contribution in [0.25, 0.3) is 0 Å². The van der Waals surface area contributed by atoms with Gasteiger partial charge in [0.1, 0.15) is 11.6 Å². The lowest BCUT2D eigenvalue weighted by atomic mass is 10.1. The standard InChI is InChI=1S/C21H24F6N4/c1-3-28-10-5-4-6-17-15-9-11-31(19(15)30-13(2)29-17)18-8-7-14(20(22,23)24)12-16(18)21(25,26)27/h7-8,12,28H,3-6,9-11H2,1-2H3. The molecule has 4 nitrogen and oxygen atoms in total. The number of unbranched alkanes of at least 4 members (excludes halogenated alkanes) is 1. The summed E-state index contributed by atoms with van der Waals surface area (Å²) in [6.07, 6.45) is -6.88. The highest BCUT2D eigenvalue weighted by Crippen LogP contribution is 2.44. The molecule has 31 heavy (non-hydrogen) atoms. The first-order chi connectivity index (χ1) is 14.5. The summed E-state index contributed by atoms with van der Waals surface area (Å²) in [4.78, 5) is 10.2. The molecule has 3 rings (SSSR count). The highest BCUT2D eigenvalue weighted by Gasteiger charge is 2.40. The van der Waals surface area contributed by atoms with Gasteiger partial charge in [0.15, 0.2) is 0 Å². The van der Waals surface area contributed by atoms with Gasteiger partial charge in [-0.15, -0.1) is 0 Å². The average molecular weight is 446 g/mol. The van der Waals surface area contributed by atoms with E-state index in [4.69, 9.17) is 0 Å². The third-order valence-corrected chi connectivity index (χ3v) is 5.21. The minimum Gasteiger partial charge on any atom is -0.325 e. The molecule has 0 amide bonds. The molecule has 2 heterocycles. The predicted octanol–water partition coefficient (Wildman–Crippen LogP) is 5.45. The Balaban J connectivity index is 1.96. The minimum absolute atomic E-state index is 0.170. The molecule has 0 atom stereocenters. The summed E-state index contributed by atoms with van der Waals surface area (Å²) in [5.74, 6) is 0.771. The molecule has 170 valence electrons. The molecule has 0 aliphatic carbocycles. The molecule has 0 radical (unpaired) electrons. The van der Waals surface area contributed by atoms with E-state index in [-0.39, 0.29) is 18.3 Å². The Kier molecular flexibility index (Phi) is 6.78. The Morgan fingerprint density at radius 1 is 1.03 bits per heavy atom. The fourth-order valence-corrected chi connectivity index (χ4v) is 3.78. The normalized spacial score (nSPS) is 14.3. The van der Waals surface area contributed by atoms with Crippen molar-refractivity contribution < 1.29 is 26.3 Å². The maximum atomic E-state index is 13.6.